The SMILES string of the molecule is C=C(C)c1ccc(C(C)(C)C(C)(C)Nc2ccc(-c3ccccc3)cc2)cc1. The van der Waals surface area contributed by atoms with Crippen LogP contribution in [0.5, 0.6) is 0 Å². The number of anilines is 1. The lowest BCUT2D eigenvalue weighted by Gasteiger charge is -2.43. The Morgan fingerprint density at radius 1 is 0.714 bits per heavy atom. The van der Waals surface area contributed by atoms with Gasteiger partial charge in [0.1, 0.15) is 0 Å². The molecule has 0 aliphatic carbocycles. The van der Waals surface area contributed by atoms with Crippen molar-refractivity contribution in [1.82, 2.24) is 0 Å². The van der Waals surface area contributed by atoms with E-state index in [1.54, 1.807) is 0 Å². The minimum Gasteiger partial charge on any atom is -0.379 e. The highest BCUT2D eigenvalue weighted by Gasteiger charge is 2.38. The second kappa shape index (κ2) is 7.67. The van der Waals surface area contributed by atoms with Crippen LogP contribution < -0.4 is 5.32 Å². The summed E-state index contributed by atoms with van der Waals surface area (Å²) in [7, 11) is 0. The normalized spacial score (nSPS) is 11.9. The smallest absolute Gasteiger partial charge is 0.0408 e. The van der Waals surface area contributed by atoms with Gasteiger partial charge in [-0.1, -0.05) is 92.7 Å². The molecule has 0 aromatic heterocycles. The van der Waals surface area contributed by atoms with Crippen molar-refractivity contribution in [3.05, 3.63) is 96.6 Å². The second-order valence-corrected chi connectivity index (χ2v) is 8.68. The summed E-state index contributed by atoms with van der Waals surface area (Å²) < 4.78 is 0. The molecule has 1 N–H and O–H groups in total. The molecule has 0 atom stereocenters. The molecule has 0 fully saturated rings. The fourth-order valence-corrected chi connectivity index (χ4v) is 3.43. The molecule has 3 aromatic rings. The highest BCUT2D eigenvalue weighted by Crippen LogP contribution is 2.38. The molecule has 0 bridgehead atoms. The molecule has 144 valence electrons. The zero-order chi connectivity index (χ0) is 20.4. The Hall–Kier alpha value is -2.80. The number of benzene rings is 3. The third-order valence-electron chi connectivity index (χ3n) is 6.11. The molecule has 0 aliphatic rings. The van der Waals surface area contributed by atoms with Gasteiger partial charge in [0.25, 0.3) is 0 Å². The summed E-state index contributed by atoms with van der Waals surface area (Å²) in [6, 6.07) is 28.0. The van der Waals surface area contributed by atoms with Crippen molar-refractivity contribution in [2.45, 2.75) is 45.6 Å². The van der Waals surface area contributed by atoms with E-state index in [1.165, 1.54) is 22.3 Å². The van der Waals surface area contributed by atoms with Crippen molar-refractivity contribution < 1.29 is 0 Å². The maximum Gasteiger partial charge on any atom is 0.0408 e. The monoisotopic (exact) mass is 369 g/mol. The van der Waals surface area contributed by atoms with Crippen LogP contribution in [-0.4, -0.2) is 5.54 Å². The van der Waals surface area contributed by atoms with Gasteiger partial charge in [0.2, 0.25) is 0 Å². The molecular formula is C27H31N. The lowest BCUT2D eigenvalue weighted by Crippen LogP contribution is -2.49. The van der Waals surface area contributed by atoms with Crippen LogP contribution >= 0.6 is 0 Å². The predicted octanol–water partition coefficient (Wildman–Crippen LogP) is 7.56. The van der Waals surface area contributed by atoms with Crippen molar-refractivity contribution in [2.75, 3.05) is 5.32 Å². The third kappa shape index (κ3) is 4.04. The quantitative estimate of drug-likeness (QED) is 0.473. The molecule has 0 radical (unpaired) electrons. The number of nitrogens with one attached hydrogen (secondary N) is 1. The number of allylic oxidation sites excluding steroid dienone is 1. The third-order valence-corrected chi connectivity index (χ3v) is 6.11. The highest BCUT2D eigenvalue weighted by molar-refractivity contribution is 5.66. The van der Waals surface area contributed by atoms with E-state index in [-0.39, 0.29) is 11.0 Å². The van der Waals surface area contributed by atoms with Crippen LogP contribution in [0, 0.1) is 0 Å². The summed E-state index contributed by atoms with van der Waals surface area (Å²) in [6.45, 7) is 15.2. The fraction of sp³-hybridized carbons (Fsp3) is 0.259. The Labute approximate surface area is 170 Å². The van der Waals surface area contributed by atoms with Crippen LogP contribution in [0.3, 0.4) is 0 Å². The molecular weight excluding hydrogens is 338 g/mol. The van der Waals surface area contributed by atoms with Gasteiger partial charge >= 0.3 is 0 Å². The van der Waals surface area contributed by atoms with Crippen molar-refractivity contribution >= 4 is 11.3 Å². The van der Waals surface area contributed by atoms with E-state index < -0.39 is 0 Å². The van der Waals surface area contributed by atoms with Gasteiger partial charge in [-0.25, -0.2) is 0 Å². The first kappa shape index (κ1) is 19.9. The molecule has 1 heteroatoms. The number of rotatable bonds is 6. The van der Waals surface area contributed by atoms with Crippen LogP contribution in [-0.2, 0) is 5.41 Å². The van der Waals surface area contributed by atoms with E-state index in [4.69, 9.17) is 0 Å². The van der Waals surface area contributed by atoms with Gasteiger partial charge < -0.3 is 5.32 Å². The Bertz CT molecular complexity index is 930. The first-order valence-corrected chi connectivity index (χ1v) is 9.91. The Balaban J connectivity index is 1.80. The molecule has 0 spiro atoms. The van der Waals surface area contributed by atoms with Crippen molar-refractivity contribution in [3.8, 4) is 11.1 Å². The number of hydrogen-bond donors (Lipinski definition) is 1. The minimum atomic E-state index is -0.133. The average molecular weight is 370 g/mol. The zero-order valence-corrected chi connectivity index (χ0v) is 17.7. The van der Waals surface area contributed by atoms with Crippen molar-refractivity contribution in [2.24, 2.45) is 0 Å². The lowest BCUT2D eigenvalue weighted by atomic mass is 9.69. The van der Waals surface area contributed by atoms with Crippen LogP contribution in [0.25, 0.3) is 16.7 Å². The van der Waals surface area contributed by atoms with Crippen molar-refractivity contribution in [3.63, 3.8) is 0 Å². The molecule has 3 aromatic carbocycles. The molecule has 0 aliphatic heterocycles. The Kier molecular flexibility index (Phi) is 5.47. The largest absolute Gasteiger partial charge is 0.379 e. The molecule has 0 heterocycles. The lowest BCUT2D eigenvalue weighted by molar-refractivity contribution is 0.334. The fourth-order valence-electron chi connectivity index (χ4n) is 3.43. The summed E-state index contributed by atoms with van der Waals surface area (Å²) in [5.74, 6) is 0. The summed E-state index contributed by atoms with van der Waals surface area (Å²) >= 11 is 0. The molecule has 28 heavy (non-hydrogen) atoms. The minimum absolute atomic E-state index is 0.0568. The van der Waals surface area contributed by atoms with Gasteiger partial charge in [-0.2, -0.15) is 0 Å². The number of hydrogen-bond acceptors (Lipinski definition) is 1. The summed E-state index contributed by atoms with van der Waals surface area (Å²) in [5, 5.41) is 3.76. The van der Waals surface area contributed by atoms with Gasteiger partial charge in [0.15, 0.2) is 0 Å². The molecule has 0 saturated heterocycles. The first-order valence-electron chi connectivity index (χ1n) is 9.91. The van der Waals surface area contributed by atoms with E-state index in [1.807, 2.05) is 13.0 Å². The van der Waals surface area contributed by atoms with E-state index >= 15 is 0 Å². The molecule has 3 rings (SSSR count). The van der Waals surface area contributed by atoms with Gasteiger partial charge in [0.05, 0.1) is 0 Å². The average Bonchev–Trinajstić information content (AvgIpc) is 2.69. The van der Waals surface area contributed by atoms with Gasteiger partial charge in [-0.15, -0.1) is 0 Å². The second-order valence-electron chi connectivity index (χ2n) is 8.68. The van der Waals surface area contributed by atoms with Gasteiger partial charge in [-0.3, -0.25) is 0 Å². The first-order chi connectivity index (χ1) is 13.2. The van der Waals surface area contributed by atoms with E-state index in [0.29, 0.717) is 0 Å². The predicted molar refractivity (Wildman–Crippen MR) is 124 cm³/mol. The van der Waals surface area contributed by atoms with Crippen LogP contribution in [0.4, 0.5) is 5.69 Å². The van der Waals surface area contributed by atoms with E-state index in [9.17, 15) is 0 Å². The van der Waals surface area contributed by atoms with Crippen LogP contribution in [0.15, 0.2) is 85.4 Å². The maximum absolute atomic E-state index is 4.04. The molecule has 0 unspecified atom stereocenters. The molecule has 0 amide bonds. The standard InChI is InChI=1S/C27H31N/c1-20(2)21-12-16-24(17-13-21)26(3,4)27(5,6)28-25-18-14-23(15-19-25)22-10-8-7-9-11-22/h7-19,28H,1H2,2-6H3. The molecule has 0 saturated carbocycles. The Morgan fingerprint density at radius 2 is 1.25 bits per heavy atom. The van der Waals surface area contributed by atoms with Crippen LogP contribution in [0.2, 0.25) is 0 Å². The Morgan fingerprint density at radius 3 is 1.79 bits per heavy atom. The van der Waals surface area contributed by atoms with Gasteiger partial charge in [0, 0.05) is 16.6 Å². The van der Waals surface area contributed by atoms with E-state index in [0.717, 1.165) is 11.3 Å². The summed E-state index contributed by atoms with van der Waals surface area (Å²) in [6.07, 6.45) is 0. The topological polar surface area (TPSA) is 12.0 Å². The summed E-state index contributed by atoms with van der Waals surface area (Å²) in [5.41, 5.74) is 7.03. The van der Waals surface area contributed by atoms with Crippen LogP contribution in [0.1, 0.15) is 45.7 Å². The highest BCUT2D eigenvalue weighted by atomic mass is 15.0. The maximum atomic E-state index is 4.04. The molecule has 1 nitrogen and oxygen atoms in total. The summed E-state index contributed by atoms with van der Waals surface area (Å²) in [4.78, 5) is 0. The van der Waals surface area contributed by atoms with Gasteiger partial charge in [-0.05, 0) is 55.2 Å². The van der Waals surface area contributed by atoms with Crippen molar-refractivity contribution in [1.29, 1.82) is 0 Å². The zero-order valence-electron chi connectivity index (χ0n) is 17.7. The van der Waals surface area contributed by atoms with E-state index in [2.05, 4.69) is 112 Å².